The minimum atomic E-state index is -5.82. The Balaban J connectivity index is 2.59. The number of aliphatic imine (C=N–C) groups is 1. The molecule has 2 rings (SSSR count). The van der Waals surface area contributed by atoms with E-state index in [1.165, 1.54) is 30.2 Å². The van der Waals surface area contributed by atoms with Gasteiger partial charge in [-0.2, -0.15) is 36.2 Å². The van der Waals surface area contributed by atoms with E-state index in [0.717, 1.165) is 0 Å². The predicted molar refractivity (Wildman–Crippen MR) is 109 cm³/mol. The number of sulfonamides is 1. The predicted octanol–water partition coefficient (Wildman–Crippen LogP) is 1.83. The zero-order valence-corrected chi connectivity index (χ0v) is 17.5. The average molecular weight is 454 g/mol. The lowest BCUT2D eigenvalue weighted by Gasteiger charge is -2.24. The summed E-state index contributed by atoms with van der Waals surface area (Å²) in [6.07, 6.45) is 3.98. The van der Waals surface area contributed by atoms with Gasteiger partial charge in [0, 0.05) is 31.7 Å². The van der Waals surface area contributed by atoms with E-state index in [4.69, 9.17) is 10.7 Å². The zero-order chi connectivity index (χ0) is 23.4. The largest absolute Gasteiger partial charge is 0.518 e. The molecule has 0 radical (unpaired) electrons. The summed E-state index contributed by atoms with van der Waals surface area (Å²) in [5.41, 5.74) is -6.07. The molecule has 164 valence electrons. The summed E-state index contributed by atoms with van der Waals surface area (Å²) in [5, 5.41) is 23.8. The summed E-state index contributed by atoms with van der Waals surface area (Å²) >= 11 is 0. The van der Waals surface area contributed by atoms with Gasteiger partial charge in [0.05, 0.1) is 0 Å². The van der Waals surface area contributed by atoms with E-state index >= 15 is 0 Å². The number of nitrogens with zero attached hydrogens (tertiary/aromatic N) is 7. The summed E-state index contributed by atoms with van der Waals surface area (Å²) in [6, 6.07) is 1.75. The van der Waals surface area contributed by atoms with Crippen LogP contribution in [-0.2, 0) is 10.0 Å². The van der Waals surface area contributed by atoms with E-state index in [9.17, 15) is 21.6 Å². The molecule has 0 saturated carbocycles. The van der Waals surface area contributed by atoms with Gasteiger partial charge in [-0.3, -0.25) is 5.41 Å². The molecule has 2 aliphatic rings. The SMILES string of the molecule is CCN(CC)C1=C/C(=N\S(=O)(=O)C(F)(F)F)C(=NN=C2N=C(C#N)C(=C=N)N2C)C=C1. The zero-order valence-electron chi connectivity index (χ0n) is 16.6. The van der Waals surface area contributed by atoms with Crippen molar-refractivity contribution in [2.75, 3.05) is 20.1 Å². The number of rotatable bonds is 5. The van der Waals surface area contributed by atoms with Crippen LogP contribution in [0, 0.1) is 16.7 Å². The van der Waals surface area contributed by atoms with Crippen LogP contribution in [0.3, 0.4) is 0 Å². The van der Waals surface area contributed by atoms with Gasteiger partial charge in [-0.1, -0.05) is 0 Å². The molecule has 0 unspecified atom stereocenters. The Bertz CT molecular complexity index is 1140. The van der Waals surface area contributed by atoms with Gasteiger partial charge in [-0.25, -0.2) is 0 Å². The van der Waals surface area contributed by atoms with Crippen LogP contribution in [0.1, 0.15) is 13.8 Å². The second-order valence-electron chi connectivity index (χ2n) is 5.96. The standard InChI is InChI=1S/C17H17F3N8O2S/c1-4-28(5-2)11-6-7-12(13(8-11)26-31(29,30)17(18,19)20)24-25-16-23-14(9-21)15(10-22)27(16)3/h6-8,22H,4-5H2,1-3H3/b24-12?,25-16?,26-13+. The second-order valence-corrected chi connectivity index (χ2v) is 7.56. The number of nitrogens with one attached hydrogen (secondary N) is 1. The third kappa shape index (κ3) is 4.96. The minimum absolute atomic E-state index is 0.0258. The Morgan fingerprint density at radius 2 is 1.87 bits per heavy atom. The Morgan fingerprint density at radius 3 is 2.35 bits per heavy atom. The molecule has 0 spiro atoms. The van der Waals surface area contributed by atoms with Crippen molar-refractivity contribution in [1.82, 2.24) is 9.80 Å². The van der Waals surface area contributed by atoms with Gasteiger partial charge in [0.2, 0.25) is 0 Å². The number of hydrogen-bond donors (Lipinski definition) is 1. The van der Waals surface area contributed by atoms with Crippen molar-refractivity contribution in [3.05, 3.63) is 29.6 Å². The van der Waals surface area contributed by atoms with Crippen LogP contribution in [0.15, 0.2) is 49.2 Å². The van der Waals surface area contributed by atoms with Crippen LogP contribution in [0.2, 0.25) is 0 Å². The van der Waals surface area contributed by atoms with Gasteiger partial charge in [0.25, 0.3) is 5.96 Å². The van der Waals surface area contributed by atoms with Crippen molar-refractivity contribution in [3.8, 4) is 6.07 Å². The fraction of sp³-hybridized carbons (Fsp3) is 0.353. The lowest BCUT2D eigenvalue weighted by atomic mass is 10.1. The number of guanidine groups is 1. The van der Waals surface area contributed by atoms with Gasteiger partial charge < -0.3 is 9.80 Å². The van der Waals surface area contributed by atoms with E-state index in [0.29, 0.717) is 18.8 Å². The molecule has 0 aromatic heterocycles. The number of halogens is 3. The summed E-state index contributed by atoms with van der Waals surface area (Å²) in [6.45, 7) is 4.70. The summed E-state index contributed by atoms with van der Waals surface area (Å²) < 4.78 is 64.7. The van der Waals surface area contributed by atoms with E-state index in [1.54, 1.807) is 11.0 Å². The molecule has 1 aliphatic heterocycles. The smallest absolute Gasteiger partial charge is 0.372 e. The van der Waals surface area contributed by atoms with Crippen molar-refractivity contribution in [3.63, 3.8) is 0 Å². The molecular weight excluding hydrogens is 437 g/mol. The fourth-order valence-corrected chi connectivity index (χ4v) is 3.04. The van der Waals surface area contributed by atoms with Gasteiger partial charge in [0.1, 0.15) is 23.2 Å². The summed E-state index contributed by atoms with van der Waals surface area (Å²) in [5.74, 6) is 1.89. The maximum Gasteiger partial charge on any atom is 0.518 e. The minimum Gasteiger partial charge on any atom is -0.372 e. The molecule has 0 saturated heterocycles. The second kappa shape index (κ2) is 9.07. The van der Waals surface area contributed by atoms with Gasteiger partial charge >= 0.3 is 15.5 Å². The van der Waals surface area contributed by atoms with Crippen molar-refractivity contribution in [2.24, 2.45) is 19.6 Å². The van der Waals surface area contributed by atoms with Gasteiger partial charge in [-0.05, 0) is 32.1 Å². The van der Waals surface area contributed by atoms with Crippen LogP contribution < -0.4 is 0 Å². The number of nitriles is 1. The monoisotopic (exact) mass is 454 g/mol. The molecule has 1 aliphatic carbocycles. The first-order chi connectivity index (χ1) is 14.5. The number of allylic oxidation sites excluding steroid dienone is 4. The third-order valence-corrected chi connectivity index (χ3v) is 5.16. The topological polar surface area (TPSA) is 138 Å². The van der Waals surface area contributed by atoms with Crippen molar-refractivity contribution < 1.29 is 21.6 Å². The van der Waals surface area contributed by atoms with Crippen LogP contribution >= 0.6 is 0 Å². The Labute approximate surface area is 176 Å². The van der Waals surface area contributed by atoms with Crippen molar-refractivity contribution in [1.29, 1.82) is 10.7 Å². The summed E-state index contributed by atoms with van der Waals surface area (Å²) in [7, 11) is -4.39. The highest BCUT2D eigenvalue weighted by molar-refractivity contribution is 7.91. The van der Waals surface area contributed by atoms with Crippen LogP contribution in [0.4, 0.5) is 13.2 Å². The number of alkyl halides is 3. The van der Waals surface area contributed by atoms with Gasteiger partial charge in [0.15, 0.2) is 5.71 Å². The third-order valence-electron chi connectivity index (χ3n) is 4.14. The highest BCUT2D eigenvalue weighted by atomic mass is 32.2. The first-order valence-corrected chi connectivity index (χ1v) is 10.2. The Kier molecular flexibility index (Phi) is 6.94. The van der Waals surface area contributed by atoms with Crippen molar-refractivity contribution in [2.45, 2.75) is 19.4 Å². The molecule has 1 heterocycles. The van der Waals surface area contributed by atoms with E-state index < -0.39 is 21.2 Å². The lowest BCUT2D eigenvalue weighted by Crippen LogP contribution is -2.28. The van der Waals surface area contributed by atoms with E-state index in [-0.39, 0.29) is 23.1 Å². The number of hydrogen-bond acceptors (Lipinski definition) is 7. The normalized spacial score (nSPS) is 20.7. The highest BCUT2D eigenvalue weighted by Crippen LogP contribution is 2.26. The quantitative estimate of drug-likeness (QED) is 0.384. The lowest BCUT2D eigenvalue weighted by molar-refractivity contribution is -0.0435. The maximum atomic E-state index is 12.9. The average Bonchev–Trinajstić information content (AvgIpc) is 3.01. The first-order valence-electron chi connectivity index (χ1n) is 8.73. The van der Waals surface area contributed by atoms with Gasteiger partial charge in [-0.15, -0.1) is 10.2 Å². The Morgan fingerprint density at radius 1 is 1.23 bits per heavy atom. The Hall–Kier alpha value is -3.56. The molecule has 10 nitrogen and oxygen atoms in total. The molecule has 0 fully saturated rings. The molecule has 1 N–H and O–H groups in total. The summed E-state index contributed by atoms with van der Waals surface area (Å²) in [4.78, 5) is 6.86. The fourth-order valence-electron chi connectivity index (χ4n) is 2.53. The molecule has 0 aromatic rings. The molecule has 0 atom stereocenters. The molecule has 31 heavy (non-hydrogen) atoms. The van der Waals surface area contributed by atoms with Crippen molar-refractivity contribution >= 4 is 39.0 Å². The first kappa shape index (κ1) is 23.7. The molecule has 0 bridgehead atoms. The molecular formula is C17H17F3N8O2S. The molecule has 0 amide bonds. The number of likely N-dealkylation sites (N-methyl/N-ethyl adjacent to an activating group) is 1. The van der Waals surface area contributed by atoms with Crippen LogP contribution in [0.25, 0.3) is 0 Å². The molecule has 0 aromatic carbocycles. The van der Waals surface area contributed by atoms with Crippen LogP contribution in [0.5, 0.6) is 0 Å². The maximum absolute atomic E-state index is 12.9. The molecule has 14 heteroatoms. The van der Waals surface area contributed by atoms with E-state index in [1.807, 2.05) is 19.7 Å². The van der Waals surface area contributed by atoms with Crippen LogP contribution in [-0.4, -0.2) is 72.8 Å². The highest BCUT2D eigenvalue weighted by Gasteiger charge is 2.46. The van der Waals surface area contributed by atoms with E-state index in [2.05, 4.69) is 19.6 Å².